The largest absolute Gasteiger partial charge is 0.381 e. The molecule has 1 spiro atoms. The molecule has 0 atom stereocenters. The van der Waals surface area contributed by atoms with Crippen LogP contribution in [0.5, 0.6) is 0 Å². The molecule has 2 aliphatic heterocycles. The fraction of sp³-hybridized carbons (Fsp3) is 0.700. The minimum absolute atomic E-state index is 0.247. The molecular weight excluding hydrogens is 270 g/mol. The molecule has 0 amide bonds. The zero-order valence-electron chi connectivity index (χ0n) is 14.5. The third kappa shape index (κ3) is 3.72. The maximum absolute atomic E-state index is 5.74. The Morgan fingerprint density at radius 1 is 1.05 bits per heavy atom. The first-order valence-corrected chi connectivity index (χ1v) is 8.87. The van der Waals surface area contributed by atoms with Crippen LogP contribution in [0.15, 0.2) is 24.3 Å². The highest BCUT2D eigenvalue weighted by atomic mass is 16.5. The van der Waals surface area contributed by atoms with Gasteiger partial charge in [-0.2, -0.15) is 0 Å². The Morgan fingerprint density at radius 2 is 1.73 bits per heavy atom. The van der Waals surface area contributed by atoms with E-state index in [-0.39, 0.29) is 5.41 Å². The lowest BCUT2D eigenvalue weighted by Gasteiger charge is -2.44. The molecule has 0 bridgehead atoms. The smallest absolute Gasteiger partial charge is 0.0523 e. The van der Waals surface area contributed by atoms with Crippen molar-refractivity contribution in [3.8, 4) is 0 Å². The van der Waals surface area contributed by atoms with Gasteiger partial charge in [-0.25, -0.2) is 0 Å². The number of rotatable bonds is 2. The average Bonchev–Trinajstić information content (AvgIpc) is 2.50. The molecule has 1 aromatic rings. The SMILES string of the molecule is CC(C)(C)c1ccc(CN2CCC3(CCCOC3)CC2)cc1. The Balaban J connectivity index is 1.54. The van der Waals surface area contributed by atoms with Crippen molar-refractivity contribution in [2.24, 2.45) is 5.41 Å². The minimum Gasteiger partial charge on any atom is -0.381 e. The normalized spacial score (nSPS) is 22.9. The summed E-state index contributed by atoms with van der Waals surface area (Å²) >= 11 is 0. The van der Waals surface area contributed by atoms with E-state index >= 15 is 0 Å². The lowest BCUT2D eigenvalue weighted by molar-refractivity contribution is -0.0436. The van der Waals surface area contributed by atoms with Crippen LogP contribution in [0.1, 0.15) is 57.6 Å². The number of likely N-dealkylation sites (tertiary alicyclic amines) is 1. The Kier molecular flexibility index (Phi) is 4.61. The summed E-state index contributed by atoms with van der Waals surface area (Å²) in [6.45, 7) is 12.4. The van der Waals surface area contributed by atoms with Crippen LogP contribution in [-0.2, 0) is 16.7 Å². The van der Waals surface area contributed by atoms with Crippen molar-refractivity contribution in [1.29, 1.82) is 0 Å². The second kappa shape index (κ2) is 6.33. The highest BCUT2D eigenvalue weighted by Gasteiger charge is 2.36. The van der Waals surface area contributed by atoms with Gasteiger partial charge in [0.25, 0.3) is 0 Å². The summed E-state index contributed by atoms with van der Waals surface area (Å²) in [7, 11) is 0. The maximum Gasteiger partial charge on any atom is 0.0523 e. The van der Waals surface area contributed by atoms with Crippen molar-refractivity contribution in [3.63, 3.8) is 0 Å². The molecule has 2 nitrogen and oxygen atoms in total. The summed E-state index contributed by atoms with van der Waals surface area (Å²) in [4.78, 5) is 2.62. The average molecular weight is 301 g/mol. The number of nitrogens with zero attached hydrogens (tertiary/aromatic N) is 1. The highest BCUT2D eigenvalue weighted by molar-refractivity contribution is 5.27. The molecule has 2 saturated heterocycles. The van der Waals surface area contributed by atoms with E-state index in [0.29, 0.717) is 5.41 Å². The molecule has 0 aliphatic carbocycles. The van der Waals surface area contributed by atoms with Gasteiger partial charge in [-0.15, -0.1) is 0 Å². The lowest BCUT2D eigenvalue weighted by atomic mass is 9.74. The van der Waals surface area contributed by atoms with E-state index in [1.54, 1.807) is 0 Å². The third-order valence-corrected chi connectivity index (χ3v) is 5.55. The Bertz CT molecular complexity index is 469. The van der Waals surface area contributed by atoms with Crippen LogP contribution in [0.2, 0.25) is 0 Å². The quantitative estimate of drug-likeness (QED) is 0.804. The molecule has 0 radical (unpaired) electrons. The van der Waals surface area contributed by atoms with Crippen molar-refractivity contribution in [1.82, 2.24) is 4.90 Å². The van der Waals surface area contributed by atoms with Gasteiger partial charge < -0.3 is 4.74 Å². The molecule has 0 unspecified atom stereocenters. The monoisotopic (exact) mass is 301 g/mol. The summed E-state index contributed by atoms with van der Waals surface area (Å²) in [5.41, 5.74) is 3.62. The molecular formula is C20H31NO. The van der Waals surface area contributed by atoms with Gasteiger partial charge in [0.15, 0.2) is 0 Å². The predicted octanol–water partition coefficient (Wildman–Crippen LogP) is 4.38. The highest BCUT2D eigenvalue weighted by Crippen LogP contribution is 2.39. The van der Waals surface area contributed by atoms with E-state index in [1.165, 1.54) is 49.9 Å². The van der Waals surface area contributed by atoms with Crippen LogP contribution in [0, 0.1) is 5.41 Å². The van der Waals surface area contributed by atoms with Gasteiger partial charge in [-0.3, -0.25) is 4.90 Å². The molecule has 1 aromatic carbocycles. The minimum atomic E-state index is 0.247. The van der Waals surface area contributed by atoms with E-state index in [1.807, 2.05) is 0 Å². The van der Waals surface area contributed by atoms with Gasteiger partial charge in [0.05, 0.1) is 6.61 Å². The summed E-state index contributed by atoms with van der Waals surface area (Å²) in [6.07, 6.45) is 5.26. The third-order valence-electron chi connectivity index (χ3n) is 5.55. The van der Waals surface area contributed by atoms with Crippen molar-refractivity contribution in [3.05, 3.63) is 35.4 Å². The standard InChI is InChI=1S/C20H31NO/c1-19(2,3)18-7-5-17(6-8-18)15-21-12-10-20(11-13-21)9-4-14-22-16-20/h5-8H,4,9-16H2,1-3H3. The first kappa shape index (κ1) is 16.0. The number of ether oxygens (including phenoxy) is 1. The van der Waals surface area contributed by atoms with Crippen molar-refractivity contribution >= 4 is 0 Å². The molecule has 2 fully saturated rings. The molecule has 0 saturated carbocycles. The molecule has 122 valence electrons. The molecule has 0 aromatic heterocycles. The zero-order valence-corrected chi connectivity index (χ0v) is 14.5. The van der Waals surface area contributed by atoms with Crippen molar-refractivity contribution < 1.29 is 4.74 Å². The number of hydrogen-bond donors (Lipinski definition) is 0. The van der Waals surface area contributed by atoms with Crippen molar-refractivity contribution in [2.75, 3.05) is 26.3 Å². The maximum atomic E-state index is 5.74. The van der Waals surface area contributed by atoms with E-state index in [4.69, 9.17) is 4.74 Å². The van der Waals surface area contributed by atoms with Gasteiger partial charge in [0, 0.05) is 13.2 Å². The molecule has 22 heavy (non-hydrogen) atoms. The second-order valence-corrected chi connectivity index (χ2v) is 8.38. The van der Waals surface area contributed by atoms with Crippen LogP contribution in [-0.4, -0.2) is 31.2 Å². The van der Waals surface area contributed by atoms with E-state index in [2.05, 4.69) is 49.9 Å². The number of hydrogen-bond acceptors (Lipinski definition) is 2. The van der Waals surface area contributed by atoms with Gasteiger partial charge in [0.2, 0.25) is 0 Å². The van der Waals surface area contributed by atoms with Gasteiger partial charge in [-0.1, -0.05) is 45.0 Å². The Morgan fingerprint density at radius 3 is 2.27 bits per heavy atom. The predicted molar refractivity (Wildman–Crippen MR) is 92.1 cm³/mol. The molecule has 2 aliphatic rings. The van der Waals surface area contributed by atoms with Crippen LogP contribution >= 0.6 is 0 Å². The lowest BCUT2D eigenvalue weighted by Crippen LogP contribution is -2.43. The van der Waals surface area contributed by atoms with Crippen LogP contribution in [0.3, 0.4) is 0 Å². The number of benzene rings is 1. The first-order chi connectivity index (χ1) is 10.5. The second-order valence-electron chi connectivity index (χ2n) is 8.38. The number of piperidine rings is 1. The molecule has 0 N–H and O–H groups in total. The van der Waals surface area contributed by atoms with Crippen LogP contribution in [0.25, 0.3) is 0 Å². The zero-order chi connectivity index (χ0) is 15.6. The summed E-state index contributed by atoms with van der Waals surface area (Å²) in [5.74, 6) is 0. The van der Waals surface area contributed by atoms with Gasteiger partial charge in [0.1, 0.15) is 0 Å². The molecule has 2 heteroatoms. The van der Waals surface area contributed by atoms with Crippen molar-refractivity contribution in [2.45, 2.75) is 58.4 Å². The van der Waals surface area contributed by atoms with Gasteiger partial charge in [-0.05, 0) is 60.7 Å². The molecule has 3 rings (SSSR count). The van der Waals surface area contributed by atoms with Gasteiger partial charge >= 0.3 is 0 Å². The topological polar surface area (TPSA) is 12.5 Å². The Hall–Kier alpha value is -0.860. The summed E-state index contributed by atoms with van der Waals surface area (Å²) < 4.78 is 5.74. The Labute approximate surface area is 135 Å². The van der Waals surface area contributed by atoms with E-state index < -0.39 is 0 Å². The van der Waals surface area contributed by atoms with E-state index in [0.717, 1.165) is 19.8 Å². The molecule has 2 heterocycles. The van der Waals surface area contributed by atoms with E-state index in [9.17, 15) is 0 Å². The fourth-order valence-corrected chi connectivity index (χ4v) is 3.86. The summed E-state index contributed by atoms with van der Waals surface area (Å²) in [6, 6.07) is 9.23. The van der Waals surface area contributed by atoms with Crippen LogP contribution < -0.4 is 0 Å². The first-order valence-electron chi connectivity index (χ1n) is 8.87. The fourth-order valence-electron chi connectivity index (χ4n) is 3.86. The van der Waals surface area contributed by atoms with Crippen LogP contribution in [0.4, 0.5) is 0 Å². The summed E-state index contributed by atoms with van der Waals surface area (Å²) in [5, 5.41) is 0.